The summed E-state index contributed by atoms with van der Waals surface area (Å²) in [6.07, 6.45) is 0.530. The molecule has 7 heteroatoms. The molecule has 0 saturated heterocycles. The van der Waals surface area contributed by atoms with E-state index in [1.165, 1.54) is 32.4 Å². The summed E-state index contributed by atoms with van der Waals surface area (Å²) in [7, 11) is -1.14. The number of hydrogen-bond acceptors (Lipinski definition) is 4. The highest BCUT2D eigenvalue weighted by molar-refractivity contribution is 7.92. The molecule has 0 aliphatic heterocycles. The standard InChI is InChI=1S/C16H18FNO4S/c1-4-11-5-6-12(9-14(11)17)18-23(19,20)16-10-13(21-2)7-8-15(16)22-3/h5-10,18H,4H2,1-3H3. The minimum absolute atomic E-state index is 0.0840. The fourth-order valence-electron chi connectivity index (χ4n) is 2.10. The van der Waals surface area contributed by atoms with Gasteiger partial charge in [0.1, 0.15) is 22.2 Å². The summed E-state index contributed by atoms with van der Waals surface area (Å²) in [5.41, 5.74) is 0.663. The molecule has 2 aromatic rings. The van der Waals surface area contributed by atoms with Crippen molar-refractivity contribution in [1.82, 2.24) is 0 Å². The van der Waals surface area contributed by atoms with Crippen LogP contribution in [-0.2, 0) is 16.4 Å². The number of nitrogens with one attached hydrogen (secondary N) is 1. The number of aryl methyl sites for hydroxylation is 1. The Morgan fingerprint density at radius 3 is 2.39 bits per heavy atom. The lowest BCUT2D eigenvalue weighted by molar-refractivity contribution is 0.392. The fourth-order valence-corrected chi connectivity index (χ4v) is 3.34. The van der Waals surface area contributed by atoms with E-state index in [1.807, 2.05) is 6.92 Å². The molecule has 0 saturated carbocycles. The van der Waals surface area contributed by atoms with Gasteiger partial charge in [0.05, 0.1) is 19.9 Å². The fraction of sp³-hybridized carbons (Fsp3) is 0.250. The lowest BCUT2D eigenvalue weighted by Gasteiger charge is -2.13. The van der Waals surface area contributed by atoms with E-state index in [0.29, 0.717) is 17.7 Å². The third kappa shape index (κ3) is 3.73. The molecule has 2 rings (SSSR count). The monoisotopic (exact) mass is 339 g/mol. The average molecular weight is 339 g/mol. The highest BCUT2D eigenvalue weighted by Gasteiger charge is 2.21. The van der Waals surface area contributed by atoms with Crippen molar-refractivity contribution in [2.75, 3.05) is 18.9 Å². The first-order valence-electron chi connectivity index (χ1n) is 6.94. The van der Waals surface area contributed by atoms with Crippen molar-refractivity contribution in [3.8, 4) is 11.5 Å². The Morgan fingerprint density at radius 2 is 1.83 bits per heavy atom. The van der Waals surface area contributed by atoms with E-state index < -0.39 is 15.8 Å². The predicted molar refractivity (Wildman–Crippen MR) is 86.1 cm³/mol. The second-order valence-electron chi connectivity index (χ2n) is 4.78. The van der Waals surface area contributed by atoms with Crippen LogP contribution in [0.15, 0.2) is 41.3 Å². The zero-order chi connectivity index (χ0) is 17.0. The van der Waals surface area contributed by atoms with Gasteiger partial charge >= 0.3 is 0 Å². The van der Waals surface area contributed by atoms with Crippen molar-refractivity contribution >= 4 is 15.7 Å². The zero-order valence-corrected chi connectivity index (χ0v) is 13.9. The lowest BCUT2D eigenvalue weighted by Crippen LogP contribution is -2.14. The molecule has 0 atom stereocenters. The summed E-state index contributed by atoms with van der Waals surface area (Å²) < 4.78 is 51.4. The number of rotatable bonds is 6. The Balaban J connectivity index is 2.41. The Labute approximate surface area is 135 Å². The van der Waals surface area contributed by atoms with Crippen molar-refractivity contribution < 1.29 is 22.3 Å². The van der Waals surface area contributed by atoms with Gasteiger partial charge in [0.15, 0.2) is 0 Å². The Morgan fingerprint density at radius 1 is 1.09 bits per heavy atom. The molecule has 0 spiro atoms. The molecule has 2 aromatic carbocycles. The van der Waals surface area contributed by atoms with Crippen LogP contribution in [0.5, 0.6) is 11.5 Å². The van der Waals surface area contributed by atoms with Crippen LogP contribution in [0, 0.1) is 5.82 Å². The number of halogens is 1. The van der Waals surface area contributed by atoms with Crippen LogP contribution >= 0.6 is 0 Å². The van der Waals surface area contributed by atoms with Crippen molar-refractivity contribution in [2.24, 2.45) is 0 Å². The molecule has 124 valence electrons. The van der Waals surface area contributed by atoms with Crippen LogP contribution in [0.25, 0.3) is 0 Å². The van der Waals surface area contributed by atoms with Crippen LogP contribution < -0.4 is 14.2 Å². The van der Waals surface area contributed by atoms with Gasteiger partial charge in [-0.2, -0.15) is 0 Å². The highest BCUT2D eigenvalue weighted by atomic mass is 32.2. The molecule has 0 amide bonds. The van der Waals surface area contributed by atoms with Crippen molar-refractivity contribution in [3.63, 3.8) is 0 Å². The molecule has 23 heavy (non-hydrogen) atoms. The van der Waals surface area contributed by atoms with Gasteiger partial charge in [-0.1, -0.05) is 13.0 Å². The smallest absolute Gasteiger partial charge is 0.265 e. The topological polar surface area (TPSA) is 64.6 Å². The summed E-state index contributed by atoms with van der Waals surface area (Å²) in [6, 6.07) is 8.66. The van der Waals surface area contributed by atoms with Gasteiger partial charge in [-0.15, -0.1) is 0 Å². The minimum Gasteiger partial charge on any atom is -0.497 e. The molecule has 0 bridgehead atoms. The highest BCUT2D eigenvalue weighted by Crippen LogP contribution is 2.30. The maximum atomic E-state index is 13.8. The van der Waals surface area contributed by atoms with Gasteiger partial charge in [-0.25, -0.2) is 12.8 Å². The predicted octanol–water partition coefficient (Wildman–Crippen LogP) is 3.21. The third-order valence-electron chi connectivity index (χ3n) is 3.35. The van der Waals surface area contributed by atoms with E-state index in [4.69, 9.17) is 9.47 Å². The van der Waals surface area contributed by atoms with Crippen LogP contribution in [0.3, 0.4) is 0 Å². The maximum absolute atomic E-state index is 13.8. The van der Waals surface area contributed by atoms with E-state index in [2.05, 4.69) is 4.72 Å². The maximum Gasteiger partial charge on any atom is 0.265 e. The number of hydrogen-bond donors (Lipinski definition) is 1. The molecule has 1 N–H and O–H groups in total. The SMILES string of the molecule is CCc1ccc(NS(=O)(=O)c2cc(OC)ccc2OC)cc1F. The summed E-state index contributed by atoms with van der Waals surface area (Å²) in [6.45, 7) is 1.82. The summed E-state index contributed by atoms with van der Waals surface area (Å²) in [5.74, 6) is 0.0907. The number of benzene rings is 2. The average Bonchev–Trinajstić information content (AvgIpc) is 2.54. The first kappa shape index (κ1) is 17.1. The van der Waals surface area contributed by atoms with E-state index in [1.54, 1.807) is 12.1 Å². The van der Waals surface area contributed by atoms with Gasteiger partial charge in [-0.3, -0.25) is 4.72 Å². The van der Waals surface area contributed by atoms with Gasteiger partial charge in [0.25, 0.3) is 10.0 Å². The first-order chi connectivity index (χ1) is 10.9. The molecule has 0 fully saturated rings. The molecule has 0 aromatic heterocycles. The van der Waals surface area contributed by atoms with Gasteiger partial charge in [0.2, 0.25) is 0 Å². The van der Waals surface area contributed by atoms with Gasteiger partial charge < -0.3 is 9.47 Å². The Bertz CT molecular complexity index is 806. The van der Waals surface area contributed by atoms with Crippen LogP contribution in [-0.4, -0.2) is 22.6 Å². The summed E-state index contributed by atoms with van der Waals surface area (Å²) in [4.78, 5) is -0.0840. The normalized spacial score (nSPS) is 11.1. The minimum atomic E-state index is -3.95. The summed E-state index contributed by atoms with van der Waals surface area (Å²) >= 11 is 0. The van der Waals surface area contributed by atoms with E-state index in [0.717, 1.165) is 6.07 Å². The number of anilines is 1. The second-order valence-corrected chi connectivity index (χ2v) is 6.43. The number of sulfonamides is 1. The molecule has 0 unspecified atom stereocenters. The Hall–Kier alpha value is -2.28. The third-order valence-corrected chi connectivity index (χ3v) is 4.75. The summed E-state index contributed by atoms with van der Waals surface area (Å²) in [5, 5.41) is 0. The molecule has 0 radical (unpaired) electrons. The molecule has 0 aliphatic rings. The van der Waals surface area contributed by atoms with Crippen molar-refractivity contribution in [2.45, 2.75) is 18.2 Å². The van der Waals surface area contributed by atoms with Crippen molar-refractivity contribution in [3.05, 3.63) is 47.8 Å². The molecule has 0 aliphatic carbocycles. The lowest BCUT2D eigenvalue weighted by atomic mass is 10.1. The quantitative estimate of drug-likeness (QED) is 0.878. The van der Waals surface area contributed by atoms with Crippen LogP contribution in [0.1, 0.15) is 12.5 Å². The first-order valence-corrected chi connectivity index (χ1v) is 8.43. The molecule has 5 nitrogen and oxygen atoms in total. The van der Waals surface area contributed by atoms with E-state index in [-0.39, 0.29) is 16.3 Å². The number of methoxy groups -OCH3 is 2. The van der Waals surface area contributed by atoms with Gasteiger partial charge in [-0.05, 0) is 36.2 Å². The van der Waals surface area contributed by atoms with E-state index >= 15 is 0 Å². The molecular weight excluding hydrogens is 321 g/mol. The van der Waals surface area contributed by atoms with Crippen LogP contribution in [0.4, 0.5) is 10.1 Å². The Kier molecular flexibility index (Phi) is 5.10. The van der Waals surface area contributed by atoms with E-state index in [9.17, 15) is 12.8 Å². The van der Waals surface area contributed by atoms with Gasteiger partial charge in [0, 0.05) is 6.07 Å². The molecular formula is C16H18FNO4S. The van der Waals surface area contributed by atoms with Crippen LogP contribution in [0.2, 0.25) is 0 Å². The number of ether oxygens (including phenoxy) is 2. The molecule has 0 heterocycles. The largest absolute Gasteiger partial charge is 0.497 e. The zero-order valence-electron chi connectivity index (χ0n) is 13.1. The second kappa shape index (κ2) is 6.87. The van der Waals surface area contributed by atoms with Crippen molar-refractivity contribution in [1.29, 1.82) is 0 Å².